The summed E-state index contributed by atoms with van der Waals surface area (Å²) in [4.78, 5) is 15.2. The van der Waals surface area contributed by atoms with Gasteiger partial charge in [-0.25, -0.2) is 0 Å². The highest BCUT2D eigenvalue weighted by Crippen LogP contribution is 2.35. The Labute approximate surface area is 133 Å². The molecule has 2 atom stereocenters. The molecular weight excluding hydrogens is 274 g/mol. The van der Waals surface area contributed by atoms with Gasteiger partial charge >= 0.3 is 0 Å². The maximum Gasteiger partial charge on any atom is 0.257 e. The lowest BCUT2D eigenvalue weighted by Gasteiger charge is -2.38. The first-order valence-electron chi connectivity index (χ1n) is 8.98. The molecule has 122 valence electrons. The van der Waals surface area contributed by atoms with E-state index in [0.29, 0.717) is 12.0 Å². The van der Waals surface area contributed by atoms with Gasteiger partial charge in [-0.15, -0.1) is 0 Å². The summed E-state index contributed by atoms with van der Waals surface area (Å²) in [6, 6.07) is 0.470. The third-order valence-corrected chi connectivity index (χ3v) is 5.19. The molecule has 0 N–H and O–H groups in total. The van der Waals surface area contributed by atoms with Gasteiger partial charge in [-0.05, 0) is 37.5 Å². The van der Waals surface area contributed by atoms with Crippen LogP contribution < -0.4 is 0 Å². The van der Waals surface area contributed by atoms with E-state index < -0.39 is 0 Å². The van der Waals surface area contributed by atoms with Crippen molar-refractivity contribution in [1.82, 2.24) is 14.7 Å². The molecular formula is C18H29N3O. The summed E-state index contributed by atoms with van der Waals surface area (Å²) in [5.41, 5.74) is 0.770. The quantitative estimate of drug-likeness (QED) is 0.853. The van der Waals surface area contributed by atoms with Crippen LogP contribution in [0.2, 0.25) is 0 Å². The molecule has 1 aliphatic heterocycles. The summed E-state index contributed by atoms with van der Waals surface area (Å²) in [7, 11) is 0. The minimum absolute atomic E-state index is 0.203. The molecule has 4 heteroatoms. The lowest BCUT2D eigenvalue weighted by Crippen LogP contribution is -2.45. The molecule has 1 aromatic heterocycles. The van der Waals surface area contributed by atoms with Crippen molar-refractivity contribution in [1.29, 1.82) is 0 Å². The summed E-state index contributed by atoms with van der Waals surface area (Å²) in [6.45, 7) is 6.14. The Bertz CT molecular complexity index is 508. The second kappa shape index (κ2) is 6.84. The number of hydrogen-bond donors (Lipinski definition) is 0. The highest BCUT2D eigenvalue weighted by atomic mass is 16.2. The van der Waals surface area contributed by atoms with Crippen LogP contribution in [0.25, 0.3) is 0 Å². The number of fused-ring (bicyclic) bond motifs is 1. The minimum atomic E-state index is 0.203. The molecule has 2 fully saturated rings. The van der Waals surface area contributed by atoms with Crippen LogP contribution in [-0.2, 0) is 6.54 Å². The smallest absolute Gasteiger partial charge is 0.257 e. The van der Waals surface area contributed by atoms with Crippen molar-refractivity contribution < 1.29 is 4.79 Å². The zero-order valence-corrected chi connectivity index (χ0v) is 14.0. The van der Waals surface area contributed by atoms with Crippen LogP contribution in [0, 0.1) is 11.8 Å². The van der Waals surface area contributed by atoms with Crippen LogP contribution in [0.3, 0.4) is 0 Å². The Balaban J connectivity index is 1.75. The minimum Gasteiger partial charge on any atom is -0.335 e. The predicted octanol–water partition coefficient (Wildman–Crippen LogP) is 3.72. The number of amides is 1. The van der Waals surface area contributed by atoms with Gasteiger partial charge in [0.1, 0.15) is 0 Å². The number of nitrogens with zero attached hydrogens (tertiary/aromatic N) is 3. The summed E-state index contributed by atoms with van der Waals surface area (Å²) in [6.07, 6.45) is 12.5. The Morgan fingerprint density at radius 1 is 1.23 bits per heavy atom. The van der Waals surface area contributed by atoms with Crippen LogP contribution in [0.4, 0.5) is 0 Å². The van der Waals surface area contributed by atoms with Crippen LogP contribution in [0.5, 0.6) is 0 Å². The maximum atomic E-state index is 13.0. The van der Waals surface area contributed by atoms with Gasteiger partial charge < -0.3 is 4.90 Å². The van der Waals surface area contributed by atoms with E-state index in [4.69, 9.17) is 0 Å². The van der Waals surface area contributed by atoms with Crippen molar-refractivity contribution in [3.8, 4) is 0 Å². The maximum absolute atomic E-state index is 13.0. The molecule has 0 aromatic carbocycles. The second-order valence-electron chi connectivity index (χ2n) is 7.45. The van der Waals surface area contributed by atoms with E-state index in [2.05, 4.69) is 23.8 Å². The van der Waals surface area contributed by atoms with Crippen molar-refractivity contribution in [3.63, 3.8) is 0 Å². The number of aromatic nitrogens is 2. The van der Waals surface area contributed by atoms with Gasteiger partial charge in [-0.1, -0.05) is 33.1 Å². The average Bonchev–Trinajstić information content (AvgIpc) is 2.84. The van der Waals surface area contributed by atoms with Gasteiger partial charge in [0.2, 0.25) is 0 Å². The number of rotatable bonds is 3. The van der Waals surface area contributed by atoms with Crippen molar-refractivity contribution >= 4 is 5.91 Å². The van der Waals surface area contributed by atoms with Gasteiger partial charge in [0, 0.05) is 25.3 Å². The topological polar surface area (TPSA) is 38.1 Å². The van der Waals surface area contributed by atoms with E-state index in [1.165, 1.54) is 38.5 Å². The van der Waals surface area contributed by atoms with Crippen molar-refractivity contribution in [2.24, 2.45) is 11.8 Å². The molecule has 1 saturated carbocycles. The van der Waals surface area contributed by atoms with E-state index in [-0.39, 0.29) is 5.91 Å². The van der Waals surface area contributed by atoms with E-state index in [1.807, 2.05) is 10.9 Å². The summed E-state index contributed by atoms with van der Waals surface area (Å²) in [5, 5.41) is 4.37. The largest absolute Gasteiger partial charge is 0.335 e. The molecule has 1 aliphatic carbocycles. The van der Waals surface area contributed by atoms with Crippen LogP contribution >= 0.6 is 0 Å². The average molecular weight is 303 g/mol. The van der Waals surface area contributed by atoms with E-state index >= 15 is 0 Å². The summed E-state index contributed by atoms with van der Waals surface area (Å²) >= 11 is 0. The van der Waals surface area contributed by atoms with Gasteiger partial charge in [0.05, 0.1) is 11.8 Å². The fourth-order valence-electron chi connectivity index (χ4n) is 4.16. The lowest BCUT2D eigenvalue weighted by molar-refractivity contribution is 0.0569. The number of carbonyl (C=O) groups excluding carboxylic acids is 1. The zero-order valence-electron chi connectivity index (χ0n) is 14.0. The van der Waals surface area contributed by atoms with Crippen LogP contribution in [0.15, 0.2) is 12.4 Å². The molecule has 1 aromatic rings. The molecule has 3 rings (SSSR count). The molecule has 4 nitrogen and oxygen atoms in total. The van der Waals surface area contributed by atoms with E-state index in [0.717, 1.165) is 31.0 Å². The second-order valence-corrected chi connectivity index (χ2v) is 7.45. The molecule has 1 amide bonds. The highest BCUT2D eigenvalue weighted by molar-refractivity contribution is 5.94. The monoisotopic (exact) mass is 303 g/mol. The van der Waals surface area contributed by atoms with Gasteiger partial charge in [-0.3, -0.25) is 9.48 Å². The van der Waals surface area contributed by atoms with Crippen LogP contribution in [0.1, 0.15) is 69.2 Å². The first-order valence-corrected chi connectivity index (χ1v) is 8.98. The van der Waals surface area contributed by atoms with Gasteiger partial charge in [0.25, 0.3) is 5.91 Å². The summed E-state index contributed by atoms with van der Waals surface area (Å²) in [5.74, 6) is 1.48. The Kier molecular flexibility index (Phi) is 4.84. The standard InChI is InChI=1S/C18H29N3O/c1-14(2)12-20-13-16(11-19-20)18(22)21-10-6-5-8-15-7-3-4-9-17(15)21/h11,13-15,17H,3-10,12H2,1-2H3/t15-,17+/m0/s1. The van der Waals surface area contributed by atoms with E-state index in [9.17, 15) is 4.79 Å². The third kappa shape index (κ3) is 3.36. The van der Waals surface area contributed by atoms with E-state index in [1.54, 1.807) is 6.20 Å². The lowest BCUT2D eigenvalue weighted by atomic mass is 9.81. The molecule has 2 aliphatic rings. The fourth-order valence-corrected chi connectivity index (χ4v) is 4.16. The highest BCUT2D eigenvalue weighted by Gasteiger charge is 2.34. The van der Waals surface area contributed by atoms with Gasteiger partial charge in [0.15, 0.2) is 0 Å². The first kappa shape index (κ1) is 15.6. The molecule has 0 spiro atoms. The first-order chi connectivity index (χ1) is 10.6. The molecule has 2 heterocycles. The molecule has 22 heavy (non-hydrogen) atoms. The Hall–Kier alpha value is -1.32. The van der Waals surface area contributed by atoms with Crippen LogP contribution in [-0.4, -0.2) is 33.2 Å². The molecule has 0 bridgehead atoms. The molecule has 0 radical (unpaired) electrons. The number of hydrogen-bond acceptors (Lipinski definition) is 2. The zero-order chi connectivity index (χ0) is 15.5. The van der Waals surface area contributed by atoms with Gasteiger partial charge in [-0.2, -0.15) is 5.10 Å². The normalized spacial score (nSPS) is 25.9. The Morgan fingerprint density at radius 3 is 2.73 bits per heavy atom. The fraction of sp³-hybridized carbons (Fsp3) is 0.778. The SMILES string of the molecule is CC(C)Cn1cc(C(=O)N2CCCC[C@@H]3CCCC[C@H]32)cn1. The molecule has 0 unspecified atom stereocenters. The van der Waals surface area contributed by atoms with Crippen molar-refractivity contribution in [2.45, 2.75) is 71.4 Å². The number of likely N-dealkylation sites (tertiary alicyclic amines) is 1. The van der Waals surface area contributed by atoms with Crippen molar-refractivity contribution in [2.75, 3.05) is 6.54 Å². The number of carbonyl (C=O) groups is 1. The predicted molar refractivity (Wildman–Crippen MR) is 87.7 cm³/mol. The molecule has 1 saturated heterocycles. The Morgan fingerprint density at radius 2 is 1.95 bits per heavy atom. The third-order valence-electron chi connectivity index (χ3n) is 5.19. The van der Waals surface area contributed by atoms with Crippen molar-refractivity contribution in [3.05, 3.63) is 18.0 Å². The summed E-state index contributed by atoms with van der Waals surface area (Å²) < 4.78 is 1.91.